The smallest absolute Gasteiger partial charge is 0.262 e. The van der Waals surface area contributed by atoms with E-state index in [4.69, 9.17) is 0 Å². The quantitative estimate of drug-likeness (QED) is 0.931. The number of hydrogen-bond donors (Lipinski definition) is 1. The van der Waals surface area contributed by atoms with Gasteiger partial charge in [-0.2, -0.15) is 0 Å². The lowest BCUT2D eigenvalue weighted by molar-refractivity contribution is -0.116. The molecule has 0 atom stereocenters. The zero-order valence-corrected chi connectivity index (χ0v) is 14.8. The van der Waals surface area contributed by atoms with Crippen molar-refractivity contribution in [2.24, 2.45) is 0 Å². The molecule has 0 unspecified atom stereocenters. The highest BCUT2D eigenvalue weighted by atomic mass is 32.2. The Bertz CT molecular complexity index is 920. The van der Waals surface area contributed by atoms with Gasteiger partial charge in [-0.15, -0.1) is 0 Å². The Balaban J connectivity index is 1.92. The summed E-state index contributed by atoms with van der Waals surface area (Å²) in [7, 11) is -3.64. The predicted octanol–water partition coefficient (Wildman–Crippen LogP) is 3.01. The average Bonchev–Trinajstić information content (AvgIpc) is 2.92. The van der Waals surface area contributed by atoms with Crippen LogP contribution in [0.4, 0.5) is 11.4 Å². The van der Waals surface area contributed by atoms with Gasteiger partial charge in [0.1, 0.15) is 0 Å². The Hall–Kier alpha value is -2.34. The molecule has 1 N–H and O–H groups in total. The van der Waals surface area contributed by atoms with Gasteiger partial charge >= 0.3 is 0 Å². The number of anilines is 2. The molecule has 6 heteroatoms. The number of aryl methyl sites for hydroxylation is 2. The maximum Gasteiger partial charge on any atom is 0.262 e. The van der Waals surface area contributed by atoms with Crippen LogP contribution in [-0.2, 0) is 21.2 Å². The Labute approximate surface area is 142 Å². The Morgan fingerprint density at radius 1 is 1.12 bits per heavy atom. The van der Waals surface area contributed by atoms with Gasteiger partial charge in [-0.3, -0.25) is 9.52 Å². The molecular formula is C18H20N2O3S. The van der Waals surface area contributed by atoms with Gasteiger partial charge in [0.05, 0.1) is 4.90 Å². The summed E-state index contributed by atoms with van der Waals surface area (Å²) in [5.41, 5.74) is 3.95. The van der Waals surface area contributed by atoms with Crippen molar-refractivity contribution < 1.29 is 13.2 Å². The first-order valence-corrected chi connectivity index (χ1v) is 9.27. The van der Waals surface area contributed by atoms with Gasteiger partial charge in [-0.05, 0) is 61.2 Å². The second kappa shape index (κ2) is 5.94. The molecular weight excluding hydrogens is 324 g/mol. The normalized spacial score (nSPS) is 13.7. The third-order valence-electron chi connectivity index (χ3n) is 4.24. The van der Waals surface area contributed by atoms with E-state index in [0.29, 0.717) is 17.8 Å². The molecule has 2 aromatic rings. The Morgan fingerprint density at radius 3 is 2.58 bits per heavy atom. The second-order valence-corrected chi connectivity index (χ2v) is 7.79. The lowest BCUT2D eigenvalue weighted by atomic mass is 10.1. The van der Waals surface area contributed by atoms with Crippen molar-refractivity contribution in [3.63, 3.8) is 0 Å². The molecule has 1 aliphatic rings. The molecule has 5 nitrogen and oxygen atoms in total. The van der Waals surface area contributed by atoms with Crippen LogP contribution in [0.1, 0.15) is 23.6 Å². The number of amides is 1. The fourth-order valence-electron chi connectivity index (χ4n) is 3.00. The summed E-state index contributed by atoms with van der Waals surface area (Å²) in [6, 6.07) is 10.7. The van der Waals surface area contributed by atoms with E-state index in [9.17, 15) is 13.2 Å². The fourth-order valence-corrected chi connectivity index (χ4v) is 4.38. The highest BCUT2D eigenvalue weighted by Gasteiger charge is 2.23. The van der Waals surface area contributed by atoms with E-state index < -0.39 is 10.0 Å². The molecule has 0 saturated heterocycles. The largest absolute Gasteiger partial charge is 0.312 e. The molecule has 0 radical (unpaired) electrons. The number of carbonyl (C=O) groups excluding carboxylic acids is 1. The van der Waals surface area contributed by atoms with E-state index in [1.165, 1.54) is 6.92 Å². The van der Waals surface area contributed by atoms with Crippen LogP contribution >= 0.6 is 0 Å². The van der Waals surface area contributed by atoms with E-state index in [1.807, 2.05) is 13.0 Å². The number of carbonyl (C=O) groups is 1. The molecule has 1 amide bonds. The lowest BCUT2D eigenvalue weighted by Crippen LogP contribution is -2.25. The van der Waals surface area contributed by atoms with Crippen molar-refractivity contribution in [1.29, 1.82) is 0 Å². The van der Waals surface area contributed by atoms with Crippen molar-refractivity contribution in [2.45, 2.75) is 32.1 Å². The van der Waals surface area contributed by atoms with Crippen LogP contribution in [0.3, 0.4) is 0 Å². The number of nitrogens with zero attached hydrogens (tertiary/aromatic N) is 1. The number of benzene rings is 2. The maximum absolute atomic E-state index is 12.7. The predicted molar refractivity (Wildman–Crippen MR) is 94.9 cm³/mol. The number of rotatable bonds is 3. The minimum absolute atomic E-state index is 0.00235. The molecule has 0 fully saturated rings. The van der Waals surface area contributed by atoms with Gasteiger partial charge < -0.3 is 4.90 Å². The van der Waals surface area contributed by atoms with Crippen molar-refractivity contribution >= 4 is 27.3 Å². The van der Waals surface area contributed by atoms with Crippen molar-refractivity contribution in [2.75, 3.05) is 16.2 Å². The van der Waals surface area contributed by atoms with Crippen LogP contribution in [0.5, 0.6) is 0 Å². The summed E-state index contributed by atoms with van der Waals surface area (Å²) < 4.78 is 28.0. The van der Waals surface area contributed by atoms with E-state index in [2.05, 4.69) is 4.72 Å². The molecule has 0 aromatic heterocycles. The summed E-state index contributed by atoms with van der Waals surface area (Å²) in [4.78, 5) is 13.6. The van der Waals surface area contributed by atoms with Crippen LogP contribution in [0.2, 0.25) is 0 Å². The van der Waals surface area contributed by atoms with Crippen LogP contribution in [-0.4, -0.2) is 20.9 Å². The van der Waals surface area contributed by atoms with Crippen molar-refractivity contribution in [3.05, 3.63) is 53.1 Å². The second-order valence-electron chi connectivity index (χ2n) is 6.14. The maximum atomic E-state index is 12.7. The topological polar surface area (TPSA) is 66.5 Å². The summed E-state index contributed by atoms with van der Waals surface area (Å²) in [5.74, 6) is -0.00235. The number of nitrogens with one attached hydrogen (secondary N) is 1. The summed E-state index contributed by atoms with van der Waals surface area (Å²) >= 11 is 0. The van der Waals surface area contributed by atoms with E-state index >= 15 is 0 Å². The first-order valence-electron chi connectivity index (χ1n) is 7.79. The average molecular weight is 344 g/mol. The fraction of sp³-hybridized carbons (Fsp3) is 0.278. The zero-order chi connectivity index (χ0) is 17.5. The standard InChI is InChI=1S/C18H20N2O3S/c1-12-4-5-13(2)18(10-12)24(22,23)19-16-6-7-17-15(11-16)8-9-20(17)14(3)21/h4-7,10-11,19H,8-9H2,1-3H3. The molecule has 0 saturated carbocycles. The molecule has 2 aromatic carbocycles. The van der Waals surface area contributed by atoms with Gasteiger partial charge in [-0.1, -0.05) is 12.1 Å². The van der Waals surface area contributed by atoms with Crippen LogP contribution in [0.15, 0.2) is 41.3 Å². The van der Waals surface area contributed by atoms with Gasteiger partial charge in [0, 0.05) is 24.8 Å². The van der Waals surface area contributed by atoms with Crippen LogP contribution in [0, 0.1) is 13.8 Å². The molecule has 0 aliphatic carbocycles. The molecule has 0 bridgehead atoms. The Morgan fingerprint density at radius 2 is 1.88 bits per heavy atom. The van der Waals surface area contributed by atoms with E-state index in [0.717, 1.165) is 23.2 Å². The first kappa shape index (κ1) is 16.5. The van der Waals surface area contributed by atoms with Crippen LogP contribution < -0.4 is 9.62 Å². The Kier molecular flexibility index (Phi) is 4.09. The molecule has 3 rings (SSSR count). The van der Waals surface area contributed by atoms with Crippen molar-refractivity contribution in [3.8, 4) is 0 Å². The molecule has 1 aliphatic heterocycles. The summed E-state index contributed by atoms with van der Waals surface area (Å²) in [5, 5.41) is 0. The molecule has 126 valence electrons. The highest BCUT2D eigenvalue weighted by Crippen LogP contribution is 2.31. The number of fused-ring (bicyclic) bond motifs is 1. The highest BCUT2D eigenvalue weighted by molar-refractivity contribution is 7.92. The lowest BCUT2D eigenvalue weighted by Gasteiger charge is -2.15. The van der Waals surface area contributed by atoms with Gasteiger partial charge in [0.2, 0.25) is 5.91 Å². The van der Waals surface area contributed by atoms with Crippen molar-refractivity contribution in [1.82, 2.24) is 0 Å². The van der Waals surface area contributed by atoms with Gasteiger partial charge in [-0.25, -0.2) is 8.42 Å². The minimum Gasteiger partial charge on any atom is -0.312 e. The molecule has 1 heterocycles. The third-order valence-corrected chi connectivity index (χ3v) is 5.76. The minimum atomic E-state index is -3.64. The SMILES string of the molecule is CC(=O)N1CCc2cc(NS(=O)(=O)c3cc(C)ccc3C)ccc21. The summed E-state index contributed by atoms with van der Waals surface area (Å²) in [6.07, 6.45) is 0.730. The van der Waals surface area contributed by atoms with Crippen LogP contribution in [0.25, 0.3) is 0 Å². The molecule has 0 spiro atoms. The van der Waals surface area contributed by atoms with Gasteiger partial charge in [0.15, 0.2) is 0 Å². The van der Waals surface area contributed by atoms with E-state index in [1.54, 1.807) is 42.2 Å². The third kappa shape index (κ3) is 3.01. The number of sulfonamides is 1. The number of hydrogen-bond acceptors (Lipinski definition) is 3. The van der Waals surface area contributed by atoms with Gasteiger partial charge in [0.25, 0.3) is 10.0 Å². The zero-order valence-electron chi connectivity index (χ0n) is 14.0. The first-order chi connectivity index (χ1) is 11.3. The monoisotopic (exact) mass is 344 g/mol. The van der Waals surface area contributed by atoms with E-state index in [-0.39, 0.29) is 10.8 Å². The summed E-state index contributed by atoms with van der Waals surface area (Å²) in [6.45, 7) is 5.82. The molecule has 24 heavy (non-hydrogen) atoms.